The van der Waals surface area contributed by atoms with Crippen molar-refractivity contribution in [1.29, 1.82) is 0 Å². The number of benzene rings is 2. The second kappa shape index (κ2) is 7.29. The van der Waals surface area contributed by atoms with Crippen molar-refractivity contribution >= 4 is 33.4 Å². The number of fused-ring (bicyclic) bond motifs is 1. The third kappa shape index (κ3) is 3.17. The maximum atomic E-state index is 13.2. The van der Waals surface area contributed by atoms with Crippen LogP contribution >= 0.6 is 0 Å². The van der Waals surface area contributed by atoms with Crippen molar-refractivity contribution in [2.24, 2.45) is 0 Å². The van der Waals surface area contributed by atoms with Gasteiger partial charge in [0.05, 0.1) is 21.7 Å². The van der Waals surface area contributed by atoms with Crippen LogP contribution in [0.25, 0.3) is 0 Å². The van der Waals surface area contributed by atoms with E-state index in [9.17, 15) is 27.2 Å². The van der Waals surface area contributed by atoms with Gasteiger partial charge in [0, 0.05) is 13.6 Å². The maximum absolute atomic E-state index is 13.2. The van der Waals surface area contributed by atoms with Gasteiger partial charge < -0.3 is 5.32 Å². The highest BCUT2D eigenvalue weighted by atomic mass is 32.2. The molecule has 2 aliphatic heterocycles. The van der Waals surface area contributed by atoms with Crippen LogP contribution in [0.2, 0.25) is 0 Å². The Balaban J connectivity index is 1.61. The number of anilines is 1. The van der Waals surface area contributed by atoms with Gasteiger partial charge in [-0.3, -0.25) is 19.3 Å². The normalized spacial score (nSPS) is 19.3. The molecule has 0 aromatic heterocycles. The zero-order chi connectivity index (χ0) is 21.6. The van der Waals surface area contributed by atoms with Gasteiger partial charge in [-0.2, -0.15) is 4.31 Å². The Morgan fingerprint density at radius 2 is 1.80 bits per heavy atom. The highest BCUT2D eigenvalue weighted by molar-refractivity contribution is 7.89. The first-order chi connectivity index (χ1) is 14.2. The van der Waals surface area contributed by atoms with E-state index in [1.807, 2.05) is 0 Å². The van der Waals surface area contributed by atoms with Gasteiger partial charge in [0.2, 0.25) is 15.9 Å². The first-order valence-electron chi connectivity index (χ1n) is 9.25. The van der Waals surface area contributed by atoms with Crippen LogP contribution in [0.5, 0.6) is 0 Å². The van der Waals surface area contributed by atoms with E-state index in [4.69, 9.17) is 0 Å². The zero-order valence-corrected chi connectivity index (χ0v) is 16.8. The molecule has 156 valence electrons. The second-order valence-electron chi connectivity index (χ2n) is 7.11. The molecule has 30 heavy (non-hydrogen) atoms. The first kappa shape index (κ1) is 20.2. The summed E-state index contributed by atoms with van der Waals surface area (Å²) in [5.74, 6) is -2.16. The van der Waals surface area contributed by atoms with Gasteiger partial charge in [0.15, 0.2) is 0 Å². The molecule has 1 atom stereocenters. The van der Waals surface area contributed by atoms with Crippen molar-refractivity contribution in [3.05, 3.63) is 59.4 Å². The van der Waals surface area contributed by atoms with Crippen molar-refractivity contribution < 1.29 is 27.2 Å². The zero-order valence-electron chi connectivity index (χ0n) is 16.0. The lowest BCUT2D eigenvalue weighted by Crippen LogP contribution is -2.43. The molecule has 10 heteroatoms. The van der Waals surface area contributed by atoms with E-state index >= 15 is 0 Å². The molecule has 0 aliphatic carbocycles. The van der Waals surface area contributed by atoms with Crippen LogP contribution in [-0.2, 0) is 14.8 Å². The number of rotatable bonds is 4. The third-order valence-electron chi connectivity index (χ3n) is 5.30. The average Bonchev–Trinajstić information content (AvgIpc) is 3.30. The molecule has 0 spiro atoms. The number of halogens is 1. The van der Waals surface area contributed by atoms with Crippen LogP contribution in [0.3, 0.4) is 0 Å². The quantitative estimate of drug-likeness (QED) is 0.744. The SMILES string of the molecule is CN1C(=O)c2cccc(NC(=O)[C@@H]3CCCN3S(=O)(=O)c3ccc(F)cc3)c2C1=O. The van der Waals surface area contributed by atoms with Gasteiger partial charge in [-0.05, 0) is 49.2 Å². The van der Waals surface area contributed by atoms with Crippen LogP contribution in [-0.4, -0.2) is 55.0 Å². The van der Waals surface area contributed by atoms with Gasteiger partial charge in [0.25, 0.3) is 11.8 Å². The van der Waals surface area contributed by atoms with Crippen LogP contribution in [0, 0.1) is 5.82 Å². The van der Waals surface area contributed by atoms with E-state index in [1.165, 1.54) is 19.2 Å². The molecule has 2 aromatic carbocycles. The number of imide groups is 1. The highest BCUT2D eigenvalue weighted by Gasteiger charge is 2.41. The van der Waals surface area contributed by atoms with Crippen molar-refractivity contribution in [2.45, 2.75) is 23.8 Å². The van der Waals surface area contributed by atoms with Crippen molar-refractivity contribution in [2.75, 3.05) is 18.9 Å². The number of sulfonamides is 1. The maximum Gasteiger partial charge on any atom is 0.263 e. The molecule has 4 rings (SSSR count). The summed E-state index contributed by atoms with van der Waals surface area (Å²) in [7, 11) is -2.65. The second-order valence-corrected chi connectivity index (χ2v) is 9.00. The van der Waals surface area contributed by atoms with Gasteiger partial charge in [-0.1, -0.05) is 6.07 Å². The van der Waals surface area contributed by atoms with E-state index in [2.05, 4.69) is 5.32 Å². The minimum Gasteiger partial charge on any atom is -0.324 e. The summed E-state index contributed by atoms with van der Waals surface area (Å²) in [6.45, 7) is 0.144. The predicted octanol–water partition coefficient (Wildman–Crippen LogP) is 1.84. The van der Waals surface area contributed by atoms with E-state index in [-0.39, 0.29) is 28.3 Å². The van der Waals surface area contributed by atoms with Crippen molar-refractivity contribution in [3.8, 4) is 0 Å². The number of hydrogen-bond donors (Lipinski definition) is 1. The van der Waals surface area contributed by atoms with Crippen molar-refractivity contribution in [1.82, 2.24) is 9.21 Å². The standard InChI is InChI=1S/C20H18FN3O5S/c1-23-19(26)14-4-2-5-15(17(14)20(23)27)22-18(25)16-6-3-11-24(16)30(28,29)13-9-7-12(21)8-10-13/h2,4-5,7-10,16H,3,6,11H2,1H3,(H,22,25)/t16-/m0/s1. The topological polar surface area (TPSA) is 104 Å². The predicted molar refractivity (Wildman–Crippen MR) is 105 cm³/mol. The minimum absolute atomic E-state index is 0.0873. The number of carbonyl (C=O) groups is 3. The fourth-order valence-electron chi connectivity index (χ4n) is 3.75. The fourth-order valence-corrected chi connectivity index (χ4v) is 5.41. The molecular formula is C20H18FN3O5S. The molecule has 1 fully saturated rings. The molecule has 2 aliphatic rings. The summed E-state index contributed by atoms with van der Waals surface area (Å²) in [6.07, 6.45) is 0.777. The van der Waals surface area contributed by atoms with Gasteiger partial charge in [-0.25, -0.2) is 12.8 Å². The number of carbonyl (C=O) groups excluding carboxylic acids is 3. The van der Waals surface area contributed by atoms with Crippen molar-refractivity contribution in [3.63, 3.8) is 0 Å². The van der Waals surface area contributed by atoms with Crippen LogP contribution in [0.4, 0.5) is 10.1 Å². The summed E-state index contributed by atoms with van der Waals surface area (Å²) >= 11 is 0. The van der Waals surface area contributed by atoms with E-state index in [0.717, 1.165) is 33.5 Å². The molecular weight excluding hydrogens is 413 g/mol. The lowest BCUT2D eigenvalue weighted by Gasteiger charge is -2.23. The Kier molecular flexibility index (Phi) is 4.91. The Hall–Kier alpha value is -3.11. The highest BCUT2D eigenvalue weighted by Crippen LogP contribution is 2.31. The summed E-state index contributed by atoms with van der Waals surface area (Å²) in [4.78, 5) is 38.3. The smallest absolute Gasteiger partial charge is 0.263 e. The Labute approximate surface area is 172 Å². The van der Waals surface area contributed by atoms with Crippen LogP contribution in [0.15, 0.2) is 47.4 Å². The van der Waals surface area contributed by atoms with E-state index < -0.39 is 39.6 Å². The number of hydrogen-bond acceptors (Lipinski definition) is 5. The van der Waals surface area contributed by atoms with Crippen LogP contribution < -0.4 is 5.32 Å². The summed E-state index contributed by atoms with van der Waals surface area (Å²) in [5, 5.41) is 2.61. The monoisotopic (exact) mass is 431 g/mol. The molecule has 1 N–H and O–H groups in total. The summed E-state index contributed by atoms with van der Waals surface area (Å²) in [5.41, 5.74) is 0.429. The molecule has 0 saturated carbocycles. The fraction of sp³-hybridized carbons (Fsp3) is 0.250. The number of nitrogens with zero attached hydrogens (tertiary/aromatic N) is 2. The Morgan fingerprint density at radius 1 is 1.10 bits per heavy atom. The molecule has 2 aromatic rings. The molecule has 0 radical (unpaired) electrons. The van der Waals surface area contributed by atoms with E-state index in [1.54, 1.807) is 6.07 Å². The van der Waals surface area contributed by atoms with Gasteiger partial charge in [0.1, 0.15) is 11.9 Å². The number of nitrogens with one attached hydrogen (secondary N) is 1. The van der Waals surface area contributed by atoms with Crippen LogP contribution in [0.1, 0.15) is 33.6 Å². The average molecular weight is 431 g/mol. The summed E-state index contributed by atoms with van der Waals surface area (Å²) in [6, 6.07) is 7.95. The Bertz CT molecular complexity index is 1160. The third-order valence-corrected chi connectivity index (χ3v) is 7.22. The molecule has 0 bridgehead atoms. The summed E-state index contributed by atoms with van der Waals surface area (Å²) < 4.78 is 40.2. The van der Waals surface area contributed by atoms with Gasteiger partial charge >= 0.3 is 0 Å². The molecule has 2 heterocycles. The largest absolute Gasteiger partial charge is 0.324 e. The molecule has 1 saturated heterocycles. The molecule has 0 unspecified atom stereocenters. The minimum atomic E-state index is -4.01. The lowest BCUT2D eigenvalue weighted by atomic mass is 10.1. The first-order valence-corrected chi connectivity index (χ1v) is 10.7. The molecule has 3 amide bonds. The number of amides is 3. The molecule has 8 nitrogen and oxygen atoms in total. The van der Waals surface area contributed by atoms with E-state index in [0.29, 0.717) is 12.8 Å². The van der Waals surface area contributed by atoms with Gasteiger partial charge in [-0.15, -0.1) is 0 Å². The lowest BCUT2D eigenvalue weighted by molar-refractivity contribution is -0.119. The Morgan fingerprint density at radius 3 is 2.50 bits per heavy atom.